The molecule has 0 unspecified atom stereocenters. The van der Waals surface area contributed by atoms with Gasteiger partial charge in [-0.3, -0.25) is 19.4 Å². The Hall–Kier alpha value is -5.59. The van der Waals surface area contributed by atoms with Crippen molar-refractivity contribution in [2.24, 2.45) is 0 Å². The Labute approximate surface area is 268 Å². The molecule has 2 heterocycles. The number of esters is 2. The number of pyridine rings is 2. The number of ether oxygens (including phenoxy) is 2. The highest BCUT2D eigenvalue weighted by molar-refractivity contribution is 6.11. The molecule has 10 nitrogen and oxygen atoms in total. The quantitative estimate of drug-likeness (QED) is 0.203. The van der Waals surface area contributed by atoms with Gasteiger partial charge in [0.05, 0.1) is 41.4 Å². The molecule has 4 aromatic rings. The molecule has 0 bridgehead atoms. The van der Waals surface area contributed by atoms with Gasteiger partial charge in [-0.2, -0.15) is 13.2 Å². The van der Waals surface area contributed by atoms with Crippen molar-refractivity contribution in [2.45, 2.75) is 32.4 Å². The zero-order valence-corrected chi connectivity index (χ0v) is 26.0. The minimum absolute atomic E-state index is 0.0569. The van der Waals surface area contributed by atoms with Gasteiger partial charge in [-0.1, -0.05) is 18.2 Å². The number of aromatic nitrogens is 2. The van der Waals surface area contributed by atoms with Crippen LogP contribution >= 0.6 is 0 Å². The summed E-state index contributed by atoms with van der Waals surface area (Å²) in [6.45, 7) is 1.70. The van der Waals surface area contributed by atoms with Crippen LogP contribution in [-0.4, -0.2) is 59.8 Å². The zero-order valence-electron chi connectivity index (χ0n) is 26.0. The number of alkyl halides is 3. The fraction of sp³-hybridized carbons (Fsp3) is 0.235. The largest absolute Gasteiger partial charge is 0.464 e. The predicted octanol–water partition coefficient (Wildman–Crippen LogP) is 6.14. The fourth-order valence-corrected chi connectivity index (χ4v) is 4.53. The number of aryl methyl sites for hydroxylation is 2. The van der Waals surface area contributed by atoms with Crippen LogP contribution in [0.15, 0.2) is 72.9 Å². The standard InChI is InChI=1S/C34H31F3N4O6/c1-20-8-15-25(30(39-20)22-10-12-23(13-11-22)34(35,36)37)31(43)40-27-16-9-21(18-26(27)32(44)41(2)3)6-5-7-29(42)47-24-14-17-28(38-19-24)33(45)46-4/h8-19H,5-7H2,1-4H3,(H,40,43). The van der Waals surface area contributed by atoms with Crippen molar-refractivity contribution < 1.29 is 41.8 Å². The van der Waals surface area contributed by atoms with Crippen molar-refractivity contribution in [1.82, 2.24) is 14.9 Å². The van der Waals surface area contributed by atoms with Crippen LogP contribution < -0.4 is 10.1 Å². The van der Waals surface area contributed by atoms with Crippen molar-refractivity contribution >= 4 is 29.4 Å². The minimum Gasteiger partial charge on any atom is -0.464 e. The lowest BCUT2D eigenvalue weighted by atomic mass is 10.0. The zero-order chi connectivity index (χ0) is 34.3. The second-order valence-electron chi connectivity index (χ2n) is 10.7. The highest BCUT2D eigenvalue weighted by Gasteiger charge is 2.30. The molecule has 0 spiro atoms. The number of hydrogen-bond acceptors (Lipinski definition) is 8. The maximum Gasteiger partial charge on any atom is 0.416 e. The summed E-state index contributed by atoms with van der Waals surface area (Å²) in [6.07, 6.45) is -2.41. The lowest BCUT2D eigenvalue weighted by Crippen LogP contribution is -2.24. The number of carbonyl (C=O) groups is 4. The molecule has 0 aliphatic heterocycles. The molecule has 0 saturated carbocycles. The van der Waals surface area contributed by atoms with Gasteiger partial charge >= 0.3 is 18.1 Å². The molecule has 47 heavy (non-hydrogen) atoms. The van der Waals surface area contributed by atoms with Crippen LogP contribution in [0.1, 0.15) is 60.9 Å². The van der Waals surface area contributed by atoms with Gasteiger partial charge in [-0.25, -0.2) is 9.78 Å². The second kappa shape index (κ2) is 14.7. The Morgan fingerprint density at radius 3 is 2.26 bits per heavy atom. The second-order valence-corrected chi connectivity index (χ2v) is 10.7. The van der Waals surface area contributed by atoms with Crippen molar-refractivity contribution in [2.75, 3.05) is 26.5 Å². The predicted molar refractivity (Wildman–Crippen MR) is 166 cm³/mol. The lowest BCUT2D eigenvalue weighted by Gasteiger charge is -2.17. The number of nitrogens with one attached hydrogen (secondary N) is 1. The lowest BCUT2D eigenvalue weighted by molar-refractivity contribution is -0.137. The third-order valence-corrected chi connectivity index (χ3v) is 6.94. The van der Waals surface area contributed by atoms with Crippen LogP contribution in [0, 0.1) is 6.92 Å². The summed E-state index contributed by atoms with van der Waals surface area (Å²) in [5.74, 6) is -1.94. The number of rotatable bonds is 10. The highest BCUT2D eigenvalue weighted by atomic mass is 19.4. The number of nitrogens with zero attached hydrogens (tertiary/aromatic N) is 3. The molecule has 0 saturated heterocycles. The smallest absolute Gasteiger partial charge is 0.416 e. The molecule has 0 fully saturated rings. The van der Waals surface area contributed by atoms with E-state index < -0.39 is 29.6 Å². The Morgan fingerprint density at radius 2 is 1.64 bits per heavy atom. The van der Waals surface area contributed by atoms with Crippen molar-refractivity contribution in [3.63, 3.8) is 0 Å². The van der Waals surface area contributed by atoms with E-state index in [1.54, 1.807) is 45.3 Å². The third-order valence-electron chi connectivity index (χ3n) is 6.94. The average Bonchev–Trinajstić information content (AvgIpc) is 3.04. The van der Waals surface area contributed by atoms with E-state index in [0.29, 0.717) is 24.1 Å². The number of amides is 2. The highest BCUT2D eigenvalue weighted by Crippen LogP contribution is 2.32. The normalized spacial score (nSPS) is 11.0. The monoisotopic (exact) mass is 648 g/mol. The topological polar surface area (TPSA) is 128 Å². The SMILES string of the molecule is COC(=O)c1ccc(OC(=O)CCCc2ccc(NC(=O)c3ccc(C)nc3-c3ccc(C(F)(F)F)cc3)c(C(=O)N(C)C)c2)cn1. The van der Waals surface area contributed by atoms with Gasteiger partial charge in [0.1, 0.15) is 11.4 Å². The molecule has 2 amide bonds. The first-order chi connectivity index (χ1) is 22.3. The third kappa shape index (κ3) is 8.78. The van der Waals surface area contributed by atoms with Gasteiger partial charge in [-0.05, 0) is 73.9 Å². The molecular weight excluding hydrogens is 617 g/mol. The van der Waals surface area contributed by atoms with Gasteiger partial charge in [0, 0.05) is 31.8 Å². The van der Waals surface area contributed by atoms with Crippen molar-refractivity contribution in [3.05, 3.63) is 107 Å². The van der Waals surface area contributed by atoms with Crippen LogP contribution in [0.3, 0.4) is 0 Å². The number of methoxy groups -OCH3 is 1. The summed E-state index contributed by atoms with van der Waals surface area (Å²) in [5.41, 5.74) is 1.58. The summed E-state index contributed by atoms with van der Waals surface area (Å²) >= 11 is 0. The van der Waals surface area contributed by atoms with Gasteiger partial charge in [-0.15, -0.1) is 0 Å². The first kappa shape index (κ1) is 34.3. The van der Waals surface area contributed by atoms with E-state index in [1.807, 2.05) is 0 Å². The van der Waals surface area contributed by atoms with E-state index >= 15 is 0 Å². The molecule has 2 aromatic heterocycles. The van der Waals surface area contributed by atoms with Gasteiger partial charge in [0.2, 0.25) is 0 Å². The first-order valence-corrected chi connectivity index (χ1v) is 14.3. The molecule has 0 radical (unpaired) electrons. The number of anilines is 1. The van der Waals surface area contributed by atoms with E-state index in [-0.39, 0.29) is 46.3 Å². The number of halogens is 3. The summed E-state index contributed by atoms with van der Waals surface area (Å²) in [4.78, 5) is 60.1. The van der Waals surface area contributed by atoms with Gasteiger partial charge in [0.15, 0.2) is 0 Å². The van der Waals surface area contributed by atoms with E-state index in [0.717, 1.165) is 17.7 Å². The average molecular weight is 649 g/mol. The molecule has 1 N–H and O–H groups in total. The Bertz CT molecular complexity index is 1790. The van der Waals surface area contributed by atoms with E-state index in [2.05, 4.69) is 20.0 Å². The van der Waals surface area contributed by atoms with Crippen LogP contribution in [-0.2, 0) is 22.1 Å². The Kier molecular flexibility index (Phi) is 10.7. The van der Waals surface area contributed by atoms with Crippen LogP contribution in [0.2, 0.25) is 0 Å². The molecule has 0 aliphatic rings. The molecule has 244 valence electrons. The summed E-state index contributed by atoms with van der Waals surface area (Å²) < 4.78 is 49.2. The van der Waals surface area contributed by atoms with Crippen molar-refractivity contribution in [3.8, 4) is 17.0 Å². The minimum atomic E-state index is -4.51. The Morgan fingerprint density at radius 1 is 0.915 bits per heavy atom. The molecule has 4 rings (SSSR count). The molecule has 0 aliphatic carbocycles. The van der Waals surface area contributed by atoms with E-state index in [9.17, 15) is 32.3 Å². The van der Waals surface area contributed by atoms with E-state index in [1.165, 1.54) is 48.5 Å². The summed E-state index contributed by atoms with van der Waals surface area (Å²) in [6, 6.07) is 15.2. The maximum atomic E-state index is 13.5. The van der Waals surface area contributed by atoms with E-state index in [4.69, 9.17) is 4.74 Å². The van der Waals surface area contributed by atoms with Crippen molar-refractivity contribution in [1.29, 1.82) is 0 Å². The fourth-order valence-electron chi connectivity index (χ4n) is 4.53. The number of hydrogen-bond donors (Lipinski definition) is 1. The number of carbonyl (C=O) groups excluding carboxylic acids is 4. The van der Waals surface area contributed by atoms with Crippen LogP contribution in [0.4, 0.5) is 18.9 Å². The first-order valence-electron chi connectivity index (χ1n) is 14.3. The van der Waals surface area contributed by atoms with Gasteiger partial charge < -0.3 is 19.7 Å². The van der Waals surface area contributed by atoms with Crippen LogP contribution in [0.25, 0.3) is 11.3 Å². The molecule has 0 atom stereocenters. The summed E-state index contributed by atoms with van der Waals surface area (Å²) in [5, 5.41) is 2.76. The molecule has 2 aromatic carbocycles. The van der Waals surface area contributed by atoms with Crippen LogP contribution in [0.5, 0.6) is 5.75 Å². The summed E-state index contributed by atoms with van der Waals surface area (Å²) in [7, 11) is 4.36. The maximum absolute atomic E-state index is 13.5. The van der Waals surface area contributed by atoms with Gasteiger partial charge in [0.25, 0.3) is 11.8 Å². The molecule has 13 heteroatoms. The Balaban J connectivity index is 1.48. The molecular formula is C34H31F3N4O6. The number of benzene rings is 2.